The van der Waals surface area contributed by atoms with Crippen molar-refractivity contribution in [3.63, 3.8) is 0 Å². The van der Waals surface area contributed by atoms with Crippen LogP contribution in [0.5, 0.6) is 0 Å². The van der Waals surface area contributed by atoms with E-state index < -0.39 is 5.38 Å². The first-order chi connectivity index (χ1) is 9.01. The number of aromatic nitrogens is 1. The Balaban J connectivity index is 2.29. The van der Waals surface area contributed by atoms with Crippen molar-refractivity contribution in [3.8, 4) is 0 Å². The van der Waals surface area contributed by atoms with Crippen molar-refractivity contribution in [2.45, 2.75) is 60.4 Å². The molecular formula is C17H26ClNO. The highest BCUT2D eigenvalue weighted by molar-refractivity contribution is 6.33. The summed E-state index contributed by atoms with van der Waals surface area (Å²) in [5, 5.41) is -0.460. The lowest BCUT2D eigenvalue weighted by Gasteiger charge is -2.11. The molecule has 0 bridgehead atoms. The van der Waals surface area contributed by atoms with Gasteiger partial charge in [0.2, 0.25) is 0 Å². The Morgan fingerprint density at radius 1 is 1.30 bits per heavy atom. The Bertz CT molecular complexity index is 538. The fraction of sp³-hybridized carbons (Fsp3) is 0.706. The lowest BCUT2D eigenvalue weighted by molar-refractivity contribution is 0.0991. The first kappa shape index (κ1) is 15.6. The number of Topliss-reactive ketones (excluding diaryl/α,β-unsaturated/α-hetero) is 1. The largest absolute Gasteiger partial charge is 0.348 e. The van der Waals surface area contributed by atoms with Gasteiger partial charge in [-0.3, -0.25) is 4.79 Å². The highest BCUT2D eigenvalue weighted by Gasteiger charge is 2.64. The Kier molecular flexibility index (Phi) is 3.61. The smallest absolute Gasteiger partial charge is 0.182 e. The predicted octanol–water partition coefficient (Wildman–Crippen LogP) is 4.60. The molecule has 0 spiro atoms. The zero-order chi connectivity index (χ0) is 15.5. The third kappa shape index (κ3) is 2.13. The maximum absolute atomic E-state index is 12.1. The van der Waals surface area contributed by atoms with Gasteiger partial charge in [-0.15, -0.1) is 11.6 Å². The van der Waals surface area contributed by atoms with Crippen LogP contribution in [0, 0.1) is 30.6 Å². The minimum absolute atomic E-state index is 0.0281. The Labute approximate surface area is 127 Å². The van der Waals surface area contributed by atoms with E-state index in [2.05, 4.69) is 39.2 Å². The zero-order valence-corrected chi connectivity index (χ0v) is 14.4. The average Bonchev–Trinajstić information content (AvgIpc) is 2.58. The molecule has 1 heterocycles. The molecule has 1 aliphatic rings. The van der Waals surface area contributed by atoms with Crippen LogP contribution in [0.25, 0.3) is 0 Å². The molecule has 1 unspecified atom stereocenters. The van der Waals surface area contributed by atoms with Crippen molar-refractivity contribution in [2.75, 3.05) is 0 Å². The lowest BCUT2D eigenvalue weighted by Crippen LogP contribution is -2.13. The second kappa shape index (κ2) is 4.62. The summed E-state index contributed by atoms with van der Waals surface area (Å²) in [4.78, 5) is 12.1. The van der Waals surface area contributed by atoms with E-state index in [1.165, 1.54) is 0 Å². The van der Waals surface area contributed by atoms with E-state index >= 15 is 0 Å². The van der Waals surface area contributed by atoms with Gasteiger partial charge in [0, 0.05) is 23.5 Å². The molecule has 1 aromatic rings. The van der Waals surface area contributed by atoms with Crippen molar-refractivity contribution in [3.05, 3.63) is 23.0 Å². The molecule has 1 aromatic heterocycles. The summed E-state index contributed by atoms with van der Waals surface area (Å²) in [5.41, 5.74) is 3.71. The van der Waals surface area contributed by atoms with Crippen LogP contribution < -0.4 is 0 Å². The minimum Gasteiger partial charge on any atom is -0.348 e. The van der Waals surface area contributed by atoms with Crippen molar-refractivity contribution in [2.24, 2.45) is 16.7 Å². The van der Waals surface area contributed by atoms with Crippen LogP contribution in [0.15, 0.2) is 6.07 Å². The molecule has 1 aliphatic carbocycles. The average molecular weight is 296 g/mol. The molecule has 0 N–H and O–H groups in total. The van der Waals surface area contributed by atoms with E-state index in [0.29, 0.717) is 16.7 Å². The molecule has 0 aliphatic heterocycles. The van der Waals surface area contributed by atoms with Crippen LogP contribution in [0.1, 0.15) is 56.4 Å². The van der Waals surface area contributed by atoms with E-state index in [-0.39, 0.29) is 5.78 Å². The molecule has 2 rings (SSSR count). The Morgan fingerprint density at radius 2 is 1.80 bits per heavy atom. The first-order valence-electron chi connectivity index (χ1n) is 7.36. The SMILES string of the molecule is Cc1cc(C(=O)C(C)Cl)c(C)n1CC1C(C)(C)C1(C)C. The summed E-state index contributed by atoms with van der Waals surface area (Å²) in [5.74, 6) is 0.677. The molecule has 0 saturated heterocycles. The van der Waals surface area contributed by atoms with Gasteiger partial charge in [-0.2, -0.15) is 0 Å². The van der Waals surface area contributed by atoms with E-state index in [1.54, 1.807) is 6.92 Å². The number of carbonyl (C=O) groups excluding carboxylic acids is 1. The Morgan fingerprint density at radius 3 is 2.20 bits per heavy atom. The van der Waals surface area contributed by atoms with Gasteiger partial charge in [0.15, 0.2) is 5.78 Å². The third-order valence-corrected chi connectivity index (χ3v) is 6.08. The summed E-state index contributed by atoms with van der Waals surface area (Å²) >= 11 is 5.95. The molecule has 3 heteroatoms. The topological polar surface area (TPSA) is 22.0 Å². The number of hydrogen-bond donors (Lipinski definition) is 0. The molecule has 20 heavy (non-hydrogen) atoms. The van der Waals surface area contributed by atoms with Gasteiger partial charge < -0.3 is 4.57 Å². The van der Waals surface area contributed by atoms with Crippen LogP contribution in [0.4, 0.5) is 0 Å². The highest BCUT2D eigenvalue weighted by Crippen LogP contribution is 2.69. The second-order valence-electron chi connectivity index (χ2n) is 7.37. The molecule has 0 amide bonds. The molecule has 1 fully saturated rings. The van der Waals surface area contributed by atoms with Gasteiger partial charge in [-0.1, -0.05) is 27.7 Å². The number of nitrogens with zero attached hydrogens (tertiary/aromatic N) is 1. The van der Waals surface area contributed by atoms with E-state index in [1.807, 2.05) is 13.0 Å². The van der Waals surface area contributed by atoms with Crippen LogP contribution in [-0.2, 0) is 6.54 Å². The number of carbonyl (C=O) groups is 1. The normalized spacial score (nSPS) is 21.8. The minimum atomic E-state index is -0.460. The number of alkyl halides is 1. The van der Waals surface area contributed by atoms with Gasteiger partial charge in [-0.25, -0.2) is 0 Å². The number of halogens is 1. The van der Waals surface area contributed by atoms with Gasteiger partial charge >= 0.3 is 0 Å². The van der Waals surface area contributed by atoms with Crippen LogP contribution in [0.3, 0.4) is 0 Å². The predicted molar refractivity (Wildman–Crippen MR) is 84.6 cm³/mol. The van der Waals surface area contributed by atoms with Crippen molar-refractivity contribution < 1.29 is 4.79 Å². The summed E-state index contributed by atoms with van der Waals surface area (Å²) in [7, 11) is 0. The third-order valence-electron chi connectivity index (χ3n) is 5.89. The van der Waals surface area contributed by atoms with Crippen LogP contribution >= 0.6 is 11.6 Å². The van der Waals surface area contributed by atoms with Gasteiger partial charge in [0.1, 0.15) is 0 Å². The molecule has 0 radical (unpaired) electrons. The number of rotatable bonds is 4. The number of hydrogen-bond acceptors (Lipinski definition) is 1. The summed E-state index contributed by atoms with van der Waals surface area (Å²) in [6, 6.07) is 1.99. The van der Waals surface area contributed by atoms with Crippen molar-refractivity contribution in [1.82, 2.24) is 4.57 Å². The zero-order valence-electron chi connectivity index (χ0n) is 13.7. The van der Waals surface area contributed by atoms with E-state index in [9.17, 15) is 4.79 Å². The fourth-order valence-corrected chi connectivity index (χ4v) is 3.64. The molecule has 1 atom stereocenters. The molecule has 2 nitrogen and oxygen atoms in total. The van der Waals surface area contributed by atoms with E-state index in [0.717, 1.165) is 23.5 Å². The van der Waals surface area contributed by atoms with Crippen LogP contribution in [-0.4, -0.2) is 15.7 Å². The molecule has 1 saturated carbocycles. The van der Waals surface area contributed by atoms with Crippen molar-refractivity contribution >= 4 is 17.4 Å². The number of aryl methyl sites for hydroxylation is 1. The number of ketones is 1. The van der Waals surface area contributed by atoms with Gasteiger partial charge in [0.25, 0.3) is 0 Å². The fourth-order valence-electron chi connectivity index (χ4n) is 3.52. The second-order valence-corrected chi connectivity index (χ2v) is 8.03. The lowest BCUT2D eigenvalue weighted by atomic mass is 10.0. The molecule has 0 aromatic carbocycles. The standard InChI is InChI=1S/C17H26ClNO/c1-10-8-13(15(20)11(2)18)12(3)19(10)9-14-16(4,5)17(14,6)7/h8,11,14H,9H2,1-7H3. The first-order valence-corrected chi connectivity index (χ1v) is 7.80. The summed E-state index contributed by atoms with van der Waals surface area (Å²) in [6.07, 6.45) is 0. The highest BCUT2D eigenvalue weighted by atomic mass is 35.5. The monoisotopic (exact) mass is 295 g/mol. The van der Waals surface area contributed by atoms with Crippen LogP contribution in [0.2, 0.25) is 0 Å². The quantitative estimate of drug-likeness (QED) is 0.588. The molecule has 112 valence electrons. The Hall–Kier alpha value is -0.760. The maximum Gasteiger partial charge on any atom is 0.182 e. The van der Waals surface area contributed by atoms with E-state index in [4.69, 9.17) is 11.6 Å². The molecular weight excluding hydrogens is 270 g/mol. The summed E-state index contributed by atoms with van der Waals surface area (Å²) < 4.78 is 2.29. The maximum atomic E-state index is 12.1. The summed E-state index contributed by atoms with van der Waals surface area (Å²) in [6.45, 7) is 16.2. The van der Waals surface area contributed by atoms with Gasteiger partial charge in [-0.05, 0) is 43.6 Å². The van der Waals surface area contributed by atoms with Gasteiger partial charge in [0.05, 0.1) is 5.38 Å². The van der Waals surface area contributed by atoms with Crippen molar-refractivity contribution in [1.29, 1.82) is 0 Å².